The van der Waals surface area contributed by atoms with E-state index in [9.17, 15) is 9.59 Å². The van der Waals surface area contributed by atoms with Crippen molar-refractivity contribution in [1.29, 1.82) is 0 Å². The molecular formula is C19H20N2O4. The lowest BCUT2D eigenvalue weighted by atomic mass is 10.2. The largest absolute Gasteiger partial charge is 0.487 e. The number of hydrogen-bond acceptors (Lipinski definition) is 4. The SMILES string of the molecule is CCOC(=O)c1ccc(NC(=O)N2C[C@@H](C)Oc3ccccc32)cc1. The van der Waals surface area contributed by atoms with Gasteiger partial charge in [-0.1, -0.05) is 12.1 Å². The Bertz CT molecular complexity index is 773. The van der Waals surface area contributed by atoms with E-state index in [4.69, 9.17) is 9.47 Å². The van der Waals surface area contributed by atoms with Gasteiger partial charge in [-0.2, -0.15) is 0 Å². The fourth-order valence-electron chi connectivity index (χ4n) is 2.68. The lowest BCUT2D eigenvalue weighted by Gasteiger charge is -2.33. The normalized spacial score (nSPS) is 15.8. The topological polar surface area (TPSA) is 67.9 Å². The predicted molar refractivity (Wildman–Crippen MR) is 95.3 cm³/mol. The van der Waals surface area contributed by atoms with Crippen molar-refractivity contribution >= 4 is 23.4 Å². The van der Waals surface area contributed by atoms with E-state index in [0.717, 1.165) is 5.69 Å². The molecule has 1 aliphatic heterocycles. The summed E-state index contributed by atoms with van der Waals surface area (Å²) in [6, 6.07) is 13.8. The molecule has 0 saturated carbocycles. The highest BCUT2D eigenvalue weighted by Crippen LogP contribution is 2.33. The molecule has 130 valence electrons. The van der Waals surface area contributed by atoms with Crippen LogP contribution in [0.15, 0.2) is 48.5 Å². The quantitative estimate of drug-likeness (QED) is 0.866. The minimum atomic E-state index is -0.378. The van der Waals surface area contributed by atoms with Gasteiger partial charge < -0.3 is 14.8 Å². The first-order chi connectivity index (χ1) is 12.1. The molecular weight excluding hydrogens is 320 g/mol. The molecule has 2 aromatic carbocycles. The van der Waals surface area contributed by atoms with Crippen LogP contribution in [0.2, 0.25) is 0 Å². The molecule has 2 amide bonds. The summed E-state index contributed by atoms with van der Waals surface area (Å²) in [5, 5.41) is 2.85. The Morgan fingerprint density at radius 3 is 2.64 bits per heavy atom. The lowest BCUT2D eigenvalue weighted by Crippen LogP contribution is -2.44. The van der Waals surface area contributed by atoms with Crippen LogP contribution in [-0.2, 0) is 4.74 Å². The van der Waals surface area contributed by atoms with Crippen LogP contribution in [0.25, 0.3) is 0 Å². The van der Waals surface area contributed by atoms with E-state index in [-0.39, 0.29) is 18.1 Å². The van der Waals surface area contributed by atoms with Crippen LogP contribution < -0.4 is 15.0 Å². The third-order valence-electron chi connectivity index (χ3n) is 3.82. The fourth-order valence-corrected chi connectivity index (χ4v) is 2.68. The maximum Gasteiger partial charge on any atom is 0.338 e. The molecule has 0 fully saturated rings. The number of benzene rings is 2. The average molecular weight is 340 g/mol. The molecule has 1 heterocycles. The molecule has 3 rings (SSSR count). The number of para-hydroxylation sites is 2. The van der Waals surface area contributed by atoms with Crippen LogP contribution in [-0.4, -0.2) is 31.3 Å². The molecule has 1 aliphatic rings. The number of urea groups is 1. The molecule has 0 saturated heterocycles. The van der Waals surface area contributed by atoms with Crippen molar-refractivity contribution in [2.75, 3.05) is 23.4 Å². The molecule has 0 aromatic heterocycles. The Morgan fingerprint density at radius 2 is 1.92 bits per heavy atom. The van der Waals surface area contributed by atoms with Crippen molar-refractivity contribution in [3.05, 3.63) is 54.1 Å². The minimum Gasteiger partial charge on any atom is -0.487 e. The van der Waals surface area contributed by atoms with Gasteiger partial charge in [0.05, 0.1) is 24.4 Å². The number of nitrogens with one attached hydrogen (secondary N) is 1. The highest BCUT2D eigenvalue weighted by molar-refractivity contribution is 6.03. The van der Waals surface area contributed by atoms with E-state index < -0.39 is 0 Å². The Labute approximate surface area is 146 Å². The van der Waals surface area contributed by atoms with E-state index >= 15 is 0 Å². The summed E-state index contributed by atoms with van der Waals surface area (Å²) in [6.45, 7) is 4.47. The van der Waals surface area contributed by atoms with Crippen LogP contribution in [0.4, 0.5) is 16.2 Å². The van der Waals surface area contributed by atoms with Gasteiger partial charge in [0.2, 0.25) is 0 Å². The number of fused-ring (bicyclic) bond motifs is 1. The van der Waals surface area contributed by atoms with Gasteiger partial charge in [0, 0.05) is 5.69 Å². The maximum atomic E-state index is 12.7. The van der Waals surface area contributed by atoms with Gasteiger partial charge in [0.1, 0.15) is 11.9 Å². The molecule has 25 heavy (non-hydrogen) atoms. The standard InChI is InChI=1S/C19H20N2O4/c1-3-24-18(22)14-8-10-15(11-9-14)20-19(23)21-12-13(2)25-17-7-5-4-6-16(17)21/h4-11,13H,3,12H2,1-2H3,(H,20,23)/t13-/m1/s1. The van der Waals surface area contributed by atoms with Crippen molar-refractivity contribution in [2.24, 2.45) is 0 Å². The third-order valence-corrected chi connectivity index (χ3v) is 3.82. The minimum absolute atomic E-state index is 0.0909. The first kappa shape index (κ1) is 16.8. The Hall–Kier alpha value is -3.02. The summed E-state index contributed by atoms with van der Waals surface area (Å²) in [6.07, 6.45) is -0.0909. The number of nitrogens with zero attached hydrogens (tertiary/aromatic N) is 1. The van der Waals surface area contributed by atoms with E-state index in [1.54, 1.807) is 36.1 Å². The van der Waals surface area contributed by atoms with Crippen molar-refractivity contribution in [1.82, 2.24) is 0 Å². The average Bonchev–Trinajstić information content (AvgIpc) is 2.61. The van der Waals surface area contributed by atoms with Crippen molar-refractivity contribution in [3.8, 4) is 5.75 Å². The smallest absolute Gasteiger partial charge is 0.338 e. The number of anilines is 2. The maximum absolute atomic E-state index is 12.7. The van der Waals surface area contributed by atoms with Crippen molar-refractivity contribution in [3.63, 3.8) is 0 Å². The van der Waals surface area contributed by atoms with Gasteiger partial charge in [-0.3, -0.25) is 4.90 Å². The molecule has 0 aliphatic carbocycles. The van der Waals surface area contributed by atoms with Gasteiger partial charge in [-0.15, -0.1) is 0 Å². The molecule has 6 nitrogen and oxygen atoms in total. The number of amides is 2. The predicted octanol–water partition coefficient (Wildman–Crippen LogP) is 3.68. The van der Waals surface area contributed by atoms with Crippen LogP contribution in [0.3, 0.4) is 0 Å². The highest BCUT2D eigenvalue weighted by atomic mass is 16.5. The van der Waals surface area contributed by atoms with E-state index in [2.05, 4.69) is 5.32 Å². The zero-order valence-corrected chi connectivity index (χ0v) is 14.2. The van der Waals surface area contributed by atoms with Crippen LogP contribution in [0, 0.1) is 0 Å². The van der Waals surface area contributed by atoms with Gasteiger partial charge >= 0.3 is 12.0 Å². The zero-order chi connectivity index (χ0) is 17.8. The van der Waals surface area contributed by atoms with Gasteiger partial charge in [-0.05, 0) is 50.2 Å². The molecule has 0 spiro atoms. The Balaban J connectivity index is 1.73. The third kappa shape index (κ3) is 3.74. The molecule has 1 atom stereocenters. The van der Waals surface area contributed by atoms with Crippen LogP contribution >= 0.6 is 0 Å². The zero-order valence-electron chi connectivity index (χ0n) is 14.2. The van der Waals surface area contributed by atoms with E-state index in [1.165, 1.54) is 0 Å². The van der Waals surface area contributed by atoms with E-state index in [0.29, 0.717) is 30.2 Å². The first-order valence-electron chi connectivity index (χ1n) is 8.20. The number of ether oxygens (including phenoxy) is 2. The second kappa shape index (κ2) is 7.25. The number of hydrogen-bond donors (Lipinski definition) is 1. The Morgan fingerprint density at radius 1 is 1.20 bits per heavy atom. The van der Waals surface area contributed by atoms with Gasteiger partial charge in [0.25, 0.3) is 0 Å². The summed E-state index contributed by atoms with van der Waals surface area (Å²) in [7, 11) is 0. The molecule has 6 heteroatoms. The highest BCUT2D eigenvalue weighted by Gasteiger charge is 2.27. The molecule has 0 radical (unpaired) electrons. The summed E-state index contributed by atoms with van der Waals surface area (Å²) in [5.74, 6) is 0.311. The number of carbonyl (C=O) groups is 2. The molecule has 2 aromatic rings. The van der Waals surface area contributed by atoms with Crippen molar-refractivity contribution < 1.29 is 19.1 Å². The van der Waals surface area contributed by atoms with Gasteiger partial charge in [-0.25, -0.2) is 9.59 Å². The summed E-state index contributed by atoms with van der Waals surface area (Å²) in [5.41, 5.74) is 1.79. The number of esters is 1. The second-order valence-electron chi connectivity index (χ2n) is 5.73. The molecule has 0 bridgehead atoms. The molecule has 1 N–H and O–H groups in total. The van der Waals surface area contributed by atoms with E-state index in [1.807, 2.05) is 31.2 Å². The molecule has 0 unspecified atom stereocenters. The van der Waals surface area contributed by atoms with Crippen LogP contribution in [0.1, 0.15) is 24.2 Å². The number of carbonyl (C=O) groups excluding carboxylic acids is 2. The summed E-state index contributed by atoms with van der Waals surface area (Å²) < 4.78 is 10.7. The summed E-state index contributed by atoms with van der Waals surface area (Å²) >= 11 is 0. The first-order valence-corrected chi connectivity index (χ1v) is 8.20. The number of rotatable bonds is 3. The monoisotopic (exact) mass is 340 g/mol. The van der Waals surface area contributed by atoms with Gasteiger partial charge in [0.15, 0.2) is 0 Å². The summed E-state index contributed by atoms with van der Waals surface area (Å²) in [4.78, 5) is 26.0. The lowest BCUT2D eigenvalue weighted by molar-refractivity contribution is 0.0526. The van der Waals surface area contributed by atoms with Crippen molar-refractivity contribution in [2.45, 2.75) is 20.0 Å². The fraction of sp³-hybridized carbons (Fsp3) is 0.263. The second-order valence-corrected chi connectivity index (χ2v) is 5.73. The van der Waals surface area contributed by atoms with Crippen LogP contribution in [0.5, 0.6) is 5.75 Å². The Kier molecular flexibility index (Phi) is 4.88.